The van der Waals surface area contributed by atoms with E-state index in [0.29, 0.717) is 53.2 Å². The summed E-state index contributed by atoms with van der Waals surface area (Å²) in [5, 5.41) is 0. The van der Waals surface area contributed by atoms with Crippen molar-refractivity contribution in [2.75, 3.05) is 81.0 Å². The lowest BCUT2D eigenvalue weighted by Gasteiger charge is -2.36. The first-order valence-electron chi connectivity index (χ1n) is 21.2. The first kappa shape index (κ1) is 50.0. The van der Waals surface area contributed by atoms with E-state index in [2.05, 4.69) is 28.7 Å². The summed E-state index contributed by atoms with van der Waals surface area (Å²) in [7, 11) is 3.28. The van der Waals surface area contributed by atoms with E-state index < -0.39 is 32.7 Å². The van der Waals surface area contributed by atoms with E-state index in [4.69, 9.17) is 28.0 Å². The molecule has 3 unspecified atom stereocenters. The number of hydrogen-bond donors (Lipinski definition) is 1. The number of quaternary nitrogens is 2. The van der Waals surface area contributed by atoms with Crippen molar-refractivity contribution in [2.45, 2.75) is 142 Å². The van der Waals surface area contributed by atoms with Crippen LogP contribution < -0.4 is 4.74 Å². The van der Waals surface area contributed by atoms with Crippen LogP contribution in [0.25, 0.3) is 5.57 Å². The van der Waals surface area contributed by atoms with Gasteiger partial charge in [-0.15, -0.1) is 4.37 Å². The van der Waals surface area contributed by atoms with Crippen LogP contribution in [0, 0.1) is 0 Å². The summed E-state index contributed by atoms with van der Waals surface area (Å²) in [5.41, 5.74) is 1.69. The fraction of sp³-hybridized carbons (Fsp3) is 0.850. The van der Waals surface area contributed by atoms with Crippen LogP contribution in [-0.2, 0) is 32.6 Å². The van der Waals surface area contributed by atoms with Gasteiger partial charge >= 0.3 is 19.9 Å². The number of rotatable bonds is 33. The number of carbonyl (C=O) groups excluding carboxylic acids is 2. The number of aromatic nitrogens is 2. The maximum atomic E-state index is 13.0. The highest BCUT2D eigenvalue weighted by molar-refractivity contribution is 7.47. The molecule has 1 aromatic heterocycles. The van der Waals surface area contributed by atoms with E-state index in [1.54, 1.807) is 0 Å². The molecule has 3 atom stereocenters. The zero-order chi connectivity index (χ0) is 41.1. The Balaban J connectivity index is 1.83. The number of phosphoric acid groups is 1. The highest BCUT2D eigenvalue weighted by Crippen LogP contribution is 2.43. The van der Waals surface area contributed by atoms with Crippen LogP contribution >= 0.6 is 19.6 Å². The molecule has 14 nitrogen and oxygen atoms in total. The molecule has 0 aliphatic carbocycles. The SMILES string of the molecule is CCCCCCCCCCCCCCCC(=O)OCC(COP(=O)(O)OCC[N+](C)(C)C)OC(=O)OC[N+]1(C)CCC=C(c2nsnc2OCCCCCC)C1. The highest BCUT2D eigenvalue weighted by Gasteiger charge is 2.33. The summed E-state index contributed by atoms with van der Waals surface area (Å²) < 4.78 is 55.1. The summed E-state index contributed by atoms with van der Waals surface area (Å²) >= 11 is 1.11. The maximum Gasteiger partial charge on any atom is 0.513 e. The molecule has 2 heterocycles. The van der Waals surface area contributed by atoms with Gasteiger partial charge in [-0.25, -0.2) is 9.36 Å². The number of nitrogens with zero attached hydrogens (tertiary/aromatic N) is 4. The lowest BCUT2D eigenvalue weighted by atomic mass is 10.0. The minimum Gasteiger partial charge on any atom is -0.475 e. The van der Waals surface area contributed by atoms with Crippen LogP contribution in [0.4, 0.5) is 4.79 Å². The molecule has 1 N–H and O–H groups in total. The fourth-order valence-corrected chi connectivity index (χ4v) is 7.51. The normalized spacial score (nSPS) is 17.5. The van der Waals surface area contributed by atoms with E-state index in [0.717, 1.165) is 62.2 Å². The van der Waals surface area contributed by atoms with Crippen molar-refractivity contribution in [3.05, 3.63) is 11.8 Å². The third-order valence-electron chi connectivity index (χ3n) is 9.72. The van der Waals surface area contributed by atoms with Crippen LogP contribution in [0.15, 0.2) is 6.08 Å². The third kappa shape index (κ3) is 23.9. The Morgan fingerprint density at radius 2 is 1.45 bits per heavy atom. The number of phosphoric ester groups is 1. The van der Waals surface area contributed by atoms with Gasteiger partial charge in [0.15, 0.2) is 6.10 Å². The topological polar surface area (TPSA) is 153 Å². The van der Waals surface area contributed by atoms with Crippen molar-refractivity contribution in [1.29, 1.82) is 0 Å². The van der Waals surface area contributed by atoms with Gasteiger partial charge in [0.05, 0.1) is 59.7 Å². The zero-order valence-electron chi connectivity index (χ0n) is 35.5. The molecule has 16 heteroatoms. The minimum absolute atomic E-state index is 0.0000167. The van der Waals surface area contributed by atoms with Crippen molar-refractivity contribution < 1.29 is 56.0 Å². The molecular formula is C40H75N4O10PS+2. The molecule has 0 aromatic carbocycles. The summed E-state index contributed by atoms with van der Waals surface area (Å²) in [4.78, 5) is 35.9. The molecule has 0 saturated carbocycles. The van der Waals surface area contributed by atoms with Gasteiger partial charge < -0.3 is 28.3 Å². The highest BCUT2D eigenvalue weighted by atomic mass is 32.1. The molecule has 0 saturated heterocycles. The Labute approximate surface area is 341 Å². The first-order valence-corrected chi connectivity index (χ1v) is 23.4. The molecule has 0 amide bonds. The van der Waals surface area contributed by atoms with Crippen molar-refractivity contribution in [3.63, 3.8) is 0 Å². The summed E-state index contributed by atoms with van der Waals surface area (Å²) in [6.45, 7) is 5.80. The van der Waals surface area contributed by atoms with E-state index in [9.17, 15) is 19.0 Å². The Morgan fingerprint density at radius 1 is 0.839 bits per heavy atom. The van der Waals surface area contributed by atoms with Crippen LogP contribution in [0.5, 0.6) is 5.88 Å². The van der Waals surface area contributed by atoms with Gasteiger partial charge in [0.2, 0.25) is 6.73 Å². The lowest BCUT2D eigenvalue weighted by molar-refractivity contribution is -0.919. The number of carbonyl (C=O) groups is 2. The Hall–Kier alpha value is -2.13. The number of esters is 1. The predicted octanol–water partition coefficient (Wildman–Crippen LogP) is 9.07. The van der Waals surface area contributed by atoms with E-state index in [1.807, 2.05) is 28.2 Å². The Bertz CT molecular complexity index is 1310. The second-order valence-electron chi connectivity index (χ2n) is 16.4. The van der Waals surface area contributed by atoms with Gasteiger partial charge in [0, 0.05) is 18.4 Å². The van der Waals surface area contributed by atoms with Crippen LogP contribution in [0.1, 0.15) is 142 Å². The second kappa shape index (κ2) is 28.3. The molecule has 324 valence electrons. The van der Waals surface area contributed by atoms with Crippen LogP contribution in [0.3, 0.4) is 0 Å². The van der Waals surface area contributed by atoms with Gasteiger partial charge in [-0.3, -0.25) is 18.3 Å². The first-order chi connectivity index (χ1) is 26.8. The average Bonchev–Trinajstić information content (AvgIpc) is 3.62. The fourth-order valence-electron chi connectivity index (χ4n) is 6.24. The molecule has 1 aliphatic rings. The molecular weight excluding hydrogens is 759 g/mol. The van der Waals surface area contributed by atoms with Crippen molar-refractivity contribution in [2.24, 2.45) is 0 Å². The molecule has 0 fully saturated rings. The van der Waals surface area contributed by atoms with Gasteiger partial charge in [-0.1, -0.05) is 116 Å². The van der Waals surface area contributed by atoms with Crippen LogP contribution in [-0.4, -0.2) is 122 Å². The smallest absolute Gasteiger partial charge is 0.475 e. The maximum absolute atomic E-state index is 13.0. The largest absolute Gasteiger partial charge is 0.513 e. The van der Waals surface area contributed by atoms with Gasteiger partial charge in [0.25, 0.3) is 5.88 Å². The number of unbranched alkanes of at least 4 members (excludes halogenated alkanes) is 15. The summed E-state index contributed by atoms with van der Waals surface area (Å²) in [6, 6.07) is 0. The monoisotopic (exact) mass is 834 g/mol. The molecule has 0 radical (unpaired) electrons. The Kier molecular flexibility index (Phi) is 25.3. The number of hydrogen-bond acceptors (Lipinski definition) is 12. The quantitative estimate of drug-likeness (QED) is 0.0311. The van der Waals surface area contributed by atoms with E-state index in [1.165, 1.54) is 64.2 Å². The van der Waals surface area contributed by atoms with Gasteiger partial charge in [-0.2, -0.15) is 4.37 Å². The predicted molar refractivity (Wildman–Crippen MR) is 220 cm³/mol. The summed E-state index contributed by atoms with van der Waals surface area (Å²) in [6.07, 6.45) is 20.9. The summed E-state index contributed by atoms with van der Waals surface area (Å²) in [5.74, 6) is 0.0913. The second-order valence-corrected chi connectivity index (χ2v) is 18.4. The zero-order valence-corrected chi connectivity index (χ0v) is 37.2. The standard InChI is InChI=1S/C40H74N4O10PS/c1-7-9-11-13-14-15-16-17-18-19-20-21-22-26-37(45)50-32-36(33-53-55(47,48)52-30-28-43(3,4)5)54-40(46)51-34-44(6)27-24-25-35(31-44)38-39(42-56-41-38)49-29-23-12-10-8-2/h25,36H,7-24,26-34H2,1-6H3/q+1/p+1. The van der Waals surface area contributed by atoms with Crippen molar-refractivity contribution >= 4 is 37.2 Å². The van der Waals surface area contributed by atoms with Crippen molar-refractivity contribution in [1.82, 2.24) is 8.75 Å². The van der Waals surface area contributed by atoms with Crippen LogP contribution in [0.2, 0.25) is 0 Å². The van der Waals surface area contributed by atoms with E-state index in [-0.39, 0.29) is 26.4 Å². The Morgan fingerprint density at radius 3 is 2.07 bits per heavy atom. The molecule has 0 bridgehead atoms. The molecule has 1 aliphatic heterocycles. The molecule has 0 spiro atoms. The van der Waals surface area contributed by atoms with Gasteiger partial charge in [-0.05, 0) is 12.8 Å². The molecule has 2 rings (SSSR count). The minimum atomic E-state index is -4.48. The lowest BCUT2D eigenvalue weighted by Crippen LogP contribution is -2.49. The van der Waals surface area contributed by atoms with E-state index >= 15 is 0 Å². The van der Waals surface area contributed by atoms with Gasteiger partial charge in [0.1, 0.15) is 32.0 Å². The molecule has 1 aromatic rings. The average molecular weight is 835 g/mol. The number of likely N-dealkylation sites (N-methyl/N-ethyl adjacent to an activating group) is 2. The van der Waals surface area contributed by atoms with Crippen molar-refractivity contribution in [3.8, 4) is 5.88 Å². The third-order valence-corrected chi connectivity index (χ3v) is 11.2. The molecule has 56 heavy (non-hydrogen) atoms. The number of ether oxygens (including phenoxy) is 4.